The molecule has 0 aromatic carbocycles. The minimum atomic E-state index is 1.10. The van der Waals surface area contributed by atoms with Gasteiger partial charge in [0.15, 0.2) is 0 Å². The molecule has 0 unspecified atom stereocenters. The van der Waals surface area contributed by atoms with Crippen LogP contribution in [-0.4, -0.2) is 24.5 Å². The van der Waals surface area contributed by atoms with Gasteiger partial charge in [-0.05, 0) is 51.2 Å². The molecular weight excluding hydrogens is 110 g/mol. The van der Waals surface area contributed by atoms with Crippen molar-refractivity contribution < 1.29 is 0 Å². The van der Waals surface area contributed by atoms with Crippen LogP contribution in [-0.2, 0) is 0 Å². The van der Waals surface area contributed by atoms with E-state index in [1.807, 2.05) is 0 Å². The van der Waals surface area contributed by atoms with Crippen LogP contribution in [0.1, 0.15) is 25.7 Å². The molecule has 0 atom stereocenters. The first kappa shape index (κ1) is 5.72. The van der Waals surface area contributed by atoms with Crippen LogP contribution in [0.2, 0.25) is 0 Å². The van der Waals surface area contributed by atoms with Crippen LogP contribution in [0.5, 0.6) is 0 Å². The van der Waals surface area contributed by atoms with E-state index in [2.05, 4.69) is 4.90 Å². The van der Waals surface area contributed by atoms with Gasteiger partial charge in [0, 0.05) is 0 Å². The summed E-state index contributed by atoms with van der Waals surface area (Å²) in [7, 11) is 0. The molecule has 0 N–H and O–H groups in total. The Morgan fingerprint density at radius 3 is 2.44 bits per heavy atom. The summed E-state index contributed by atoms with van der Waals surface area (Å²) >= 11 is 0. The summed E-state index contributed by atoms with van der Waals surface area (Å²) in [6.07, 6.45) is 5.95. The molecule has 0 radical (unpaired) electrons. The highest BCUT2D eigenvalue weighted by atomic mass is 15.1. The molecule has 52 valence electrons. The summed E-state index contributed by atoms with van der Waals surface area (Å²) in [5.41, 5.74) is 0. The molecule has 3 saturated heterocycles. The van der Waals surface area contributed by atoms with Gasteiger partial charge in [0.1, 0.15) is 0 Å². The van der Waals surface area contributed by atoms with Crippen LogP contribution < -0.4 is 0 Å². The summed E-state index contributed by atoms with van der Waals surface area (Å²) in [6.45, 7) is 4.17. The Labute approximate surface area is 57.0 Å². The van der Waals surface area contributed by atoms with E-state index < -0.39 is 0 Å². The summed E-state index contributed by atoms with van der Waals surface area (Å²) in [6, 6.07) is 0. The highest BCUT2D eigenvalue weighted by molar-refractivity contribution is 4.76. The second-order valence-electron chi connectivity index (χ2n) is 3.43. The monoisotopic (exact) mass is 125 g/mol. The molecular formula is C8H15N. The van der Waals surface area contributed by atoms with E-state index >= 15 is 0 Å². The van der Waals surface area contributed by atoms with Crippen molar-refractivity contribution in [2.75, 3.05) is 19.6 Å². The topological polar surface area (TPSA) is 3.24 Å². The predicted octanol–water partition coefficient (Wildman–Crippen LogP) is 1.49. The molecule has 3 heterocycles. The van der Waals surface area contributed by atoms with Crippen molar-refractivity contribution >= 4 is 0 Å². The molecule has 9 heavy (non-hydrogen) atoms. The van der Waals surface area contributed by atoms with Crippen molar-refractivity contribution in [3.8, 4) is 0 Å². The Morgan fingerprint density at radius 2 is 1.67 bits per heavy atom. The number of piperidine rings is 1. The average Bonchev–Trinajstić information content (AvgIpc) is 2.21. The fourth-order valence-corrected chi connectivity index (χ4v) is 2.10. The summed E-state index contributed by atoms with van der Waals surface area (Å²) in [4.78, 5) is 2.61. The van der Waals surface area contributed by atoms with E-state index in [1.54, 1.807) is 0 Å². The van der Waals surface area contributed by atoms with Crippen LogP contribution in [0, 0.1) is 5.92 Å². The quantitative estimate of drug-likeness (QED) is 0.474. The zero-order valence-corrected chi connectivity index (χ0v) is 5.97. The molecule has 0 aromatic heterocycles. The Morgan fingerprint density at radius 1 is 0.889 bits per heavy atom. The smallest absolute Gasteiger partial charge is 0.00161 e. The first-order valence-electron chi connectivity index (χ1n) is 4.17. The van der Waals surface area contributed by atoms with Crippen LogP contribution in [0.25, 0.3) is 0 Å². The lowest BCUT2D eigenvalue weighted by molar-refractivity contribution is 0.224. The van der Waals surface area contributed by atoms with Gasteiger partial charge in [-0.2, -0.15) is 0 Å². The van der Waals surface area contributed by atoms with E-state index in [-0.39, 0.29) is 0 Å². The molecule has 3 aliphatic heterocycles. The minimum absolute atomic E-state index is 1.10. The van der Waals surface area contributed by atoms with Crippen LogP contribution in [0.4, 0.5) is 0 Å². The van der Waals surface area contributed by atoms with Gasteiger partial charge in [-0.25, -0.2) is 0 Å². The van der Waals surface area contributed by atoms with E-state index in [9.17, 15) is 0 Å². The lowest BCUT2D eigenvalue weighted by atomic mass is 9.96. The van der Waals surface area contributed by atoms with Crippen LogP contribution >= 0.6 is 0 Å². The lowest BCUT2D eigenvalue weighted by Gasteiger charge is -2.25. The normalized spacial score (nSPS) is 42.7. The molecule has 1 nitrogen and oxygen atoms in total. The third-order valence-electron chi connectivity index (χ3n) is 2.79. The Kier molecular flexibility index (Phi) is 1.46. The van der Waals surface area contributed by atoms with Gasteiger partial charge in [-0.1, -0.05) is 0 Å². The Balaban J connectivity index is 2.03. The van der Waals surface area contributed by atoms with Crippen molar-refractivity contribution in [3.63, 3.8) is 0 Å². The Bertz CT molecular complexity index is 75.2. The zero-order valence-electron chi connectivity index (χ0n) is 5.97. The van der Waals surface area contributed by atoms with Gasteiger partial charge in [0.25, 0.3) is 0 Å². The van der Waals surface area contributed by atoms with Gasteiger partial charge >= 0.3 is 0 Å². The molecule has 0 saturated carbocycles. The minimum Gasteiger partial charge on any atom is -0.303 e. The third kappa shape index (κ3) is 1.11. The van der Waals surface area contributed by atoms with Crippen LogP contribution in [0.3, 0.4) is 0 Å². The molecule has 3 aliphatic rings. The van der Waals surface area contributed by atoms with Gasteiger partial charge in [0.05, 0.1) is 0 Å². The summed E-state index contributed by atoms with van der Waals surface area (Å²) in [5.74, 6) is 1.10. The fourth-order valence-electron chi connectivity index (χ4n) is 2.10. The van der Waals surface area contributed by atoms with Crippen molar-refractivity contribution in [2.45, 2.75) is 25.7 Å². The molecule has 1 heteroatoms. The molecule has 3 rings (SSSR count). The maximum absolute atomic E-state index is 2.61. The van der Waals surface area contributed by atoms with Crippen LogP contribution in [0.15, 0.2) is 0 Å². The average molecular weight is 125 g/mol. The van der Waals surface area contributed by atoms with E-state index in [0.29, 0.717) is 0 Å². The molecule has 2 bridgehead atoms. The number of hydrogen-bond donors (Lipinski definition) is 0. The highest BCUT2D eigenvalue weighted by Crippen LogP contribution is 2.25. The largest absolute Gasteiger partial charge is 0.303 e. The summed E-state index contributed by atoms with van der Waals surface area (Å²) in [5, 5.41) is 0. The maximum Gasteiger partial charge on any atom is -0.00161 e. The zero-order chi connectivity index (χ0) is 6.10. The first-order valence-corrected chi connectivity index (χ1v) is 4.17. The molecule has 0 spiro atoms. The predicted molar refractivity (Wildman–Crippen MR) is 38.4 cm³/mol. The van der Waals surface area contributed by atoms with Gasteiger partial charge in [-0.15, -0.1) is 0 Å². The number of nitrogens with zero attached hydrogens (tertiary/aromatic N) is 1. The fraction of sp³-hybridized carbons (Fsp3) is 1.00. The number of rotatable bonds is 0. The molecule has 0 aromatic rings. The van der Waals surface area contributed by atoms with E-state index in [4.69, 9.17) is 0 Å². The molecule has 0 aliphatic carbocycles. The Hall–Kier alpha value is -0.0400. The maximum atomic E-state index is 2.61. The third-order valence-corrected chi connectivity index (χ3v) is 2.79. The standard InChI is InChI=1S/C8H15N/c1-2-8-3-6-9(5-1)7-4-8/h8H,1-7H2. The van der Waals surface area contributed by atoms with Crippen molar-refractivity contribution in [3.05, 3.63) is 0 Å². The second kappa shape index (κ2) is 2.30. The second-order valence-corrected chi connectivity index (χ2v) is 3.43. The highest BCUT2D eigenvalue weighted by Gasteiger charge is 2.22. The number of fused-ring (bicyclic) bond motifs is 4. The van der Waals surface area contributed by atoms with Gasteiger partial charge in [-0.3, -0.25) is 0 Å². The van der Waals surface area contributed by atoms with Gasteiger partial charge < -0.3 is 4.90 Å². The van der Waals surface area contributed by atoms with Crippen molar-refractivity contribution in [2.24, 2.45) is 5.92 Å². The van der Waals surface area contributed by atoms with E-state index in [1.165, 1.54) is 45.3 Å². The summed E-state index contributed by atoms with van der Waals surface area (Å²) < 4.78 is 0. The molecule has 0 amide bonds. The van der Waals surface area contributed by atoms with Crippen molar-refractivity contribution in [1.29, 1.82) is 0 Å². The van der Waals surface area contributed by atoms with Gasteiger partial charge in [0.2, 0.25) is 0 Å². The van der Waals surface area contributed by atoms with E-state index in [0.717, 1.165) is 5.92 Å². The first-order chi connectivity index (χ1) is 4.45. The van der Waals surface area contributed by atoms with Crippen molar-refractivity contribution in [1.82, 2.24) is 4.90 Å². The molecule has 3 fully saturated rings. The lowest BCUT2D eigenvalue weighted by Crippen LogP contribution is -2.30. The SMILES string of the molecule is C1CC2CCN(C1)CC2. The number of hydrogen-bond acceptors (Lipinski definition) is 1.